The number of aromatic nitrogens is 2. The predicted octanol–water partition coefficient (Wildman–Crippen LogP) is 7.39. The molecule has 0 aliphatic carbocycles. The highest BCUT2D eigenvalue weighted by molar-refractivity contribution is 5.88. The van der Waals surface area contributed by atoms with E-state index in [4.69, 9.17) is 19.7 Å². The molecule has 4 rings (SSSR count). The molecule has 0 spiro atoms. The van der Waals surface area contributed by atoms with Crippen molar-refractivity contribution < 1.29 is 29.3 Å². The van der Waals surface area contributed by atoms with E-state index in [1.54, 1.807) is 48.5 Å². The highest BCUT2D eigenvalue weighted by Gasteiger charge is 2.02. The van der Waals surface area contributed by atoms with Gasteiger partial charge in [-0.3, -0.25) is 9.97 Å². The Hall–Kier alpha value is -4.72. The van der Waals surface area contributed by atoms with Gasteiger partial charge in [-0.2, -0.15) is 0 Å². The summed E-state index contributed by atoms with van der Waals surface area (Å²) in [6.07, 6.45) is 13.7. The van der Waals surface area contributed by atoms with Crippen molar-refractivity contribution in [3.05, 3.63) is 120 Å². The standard InChI is InChI=1S/C12H12N2.2C11H14O3/c1(11-3-7-13-8-4-11)2-12-5-9-14-10-6-12;2*1-2-3-8-14-10-6-4-9(5-7-10)11(12)13/h3-10H,1-2H2;2*4-7H,2-3,8H2,1H3,(H,12,13). The minimum Gasteiger partial charge on any atom is -0.494 e. The number of unbranched alkanes of at least 4 members (excludes halogenated alkanes) is 2. The average Bonchev–Trinajstić information content (AvgIpc) is 3.02. The Morgan fingerprint density at radius 1 is 0.571 bits per heavy atom. The van der Waals surface area contributed by atoms with Gasteiger partial charge < -0.3 is 19.7 Å². The molecule has 0 fully saturated rings. The summed E-state index contributed by atoms with van der Waals surface area (Å²) < 4.78 is 10.8. The topological polar surface area (TPSA) is 119 Å². The van der Waals surface area contributed by atoms with Gasteiger partial charge in [0, 0.05) is 24.8 Å². The molecule has 4 aromatic rings. The molecule has 0 saturated heterocycles. The first-order valence-electron chi connectivity index (χ1n) is 14.1. The monoisotopic (exact) mass is 572 g/mol. The van der Waals surface area contributed by atoms with E-state index >= 15 is 0 Å². The second kappa shape index (κ2) is 20.2. The van der Waals surface area contributed by atoms with Crippen molar-refractivity contribution in [3.63, 3.8) is 0 Å². The van der Waals surface area contributed by atoms with Gasteiger partial charge >= 0.3 is 11.9 Å². The third kappa shape index (κ3) is 14.1. The van der Waals surface area contributed by atoms with Crippen LogP contribution in [0.2, 0.25) is 0 Å². The molecule has 0 radical (unpaired) electrons. The normalized spacial score (nSPS) is 9.86. The van der Waals surface area contributed by atoms with E-state index in [0.29, 0.717) is 13.2 Å². The van der Waals surface area contributed by atoms with Gasteiger partial charge in [-0.1, -0.05) is 26.7 Å². The summed E-state index contributed by atoms with van der Waals surface area (Å²) in [4.78, 5) is 29.0. The number of rotatable bonds is 13. The van der Waals surface area contributed by atoms with E-state index in [2.05, 4.69) is 48.1 Å². The second-order valence-corrected chi connectivity index (χ2v) is 9.27. The maximum absolute atomic E-state index is 10.5. The fraction of sp³-hybridized carbons (Fsp3) is 0.294. The zero-order valence-electron chi connectivity index (χ0n) is 24.3. The van der Waals surface area contributed by atoms with Crippen LogP contribution in [0.1, 0.15) is 71.4 Å². The zero-order valence-corrected chi connectivity index (χ0v) is 24.3. The Labute approximate surface area is 248 Å². The van der Waals surface area contributed by atoms with Crippen molar-refractivity contribution in [2.75, 3.05) is 13.2 Å². The summed E-state index contributed by atoms with van der Waals surface area (Å²) in [5.74, 6) is -0.373. The molecule has 8 heteroatoms. The summed E-state index contributed by atoms with van der Waals surface area (Å²) in [5.41, 5.74) is 3.23. The molecule has 0 atom stereocenters. The molecular formula is C34H40N2O6. The van der Waals surface area contributed by atoms with Gasteiger partial charge in [0.25, 0.3) is 0 Å². The van der Waals surface area contributed by atoms with Crippen molar-refractivity contribution in [3.8, 4) is 11.5 Å². The maximum atomic E-state index is 10.5. The molecular weight excluding hydrogens is 532 g/mol. The van der Waals surface area contributed by atoms with Gasteiger partial charge in [0.2, 0.25) is 0 Å². The van der Waals surface area contributed by atoms with Crippen LogP contribution in [0.3, 0.4) is 0 Å². The first kappa shape index (κ1) is 33.5. The van der Waals surface area contributed by atoms with E-state index in [9.17, 15) is 9.59 Å². The number of aryl methyl sites for hydroxylation is 2. The Morgan fingerprint density at radius 3 is 1.19 bits per heavy atom. The van der Waals surface area contributed by atoms with Gasteiger partial charge in [-0.25, -0.2) is 9.59 Å². The third-order valence-corrected chi connectivity index (χ3v) is 5.94. The molecule has 0 amide bonds. The zero-order chi connectivity index (χ0) is 30.4. The first-order valence-corrected chi connectivity index (χ1v) is 14.1. The highest BCUT2D eigenvalue weighted by atomic mass is 16.5. The van der Waals surface area contributed by atoms with Crippen LogP contribution in [0.5, 0.6) is 11.5 Å². The number of aromatic carboxylic acids is 2. The van der Waals surface area contributed by atoms with E-state index in [0.717, 1.165) is 50.0 Å². The van der Waals surface area contributed by atoms with Crippen LogP contribution >= 0.6 is 0 Å². The Kier molecular flexibility index (Phi) is 16.1. The predicted molar refractivity (Wildman–Crippen MR) is 163 cm³/mol. The number of hydrogen-bond acceptors (Lipinski definition) is 6. The van der Waals surface area contributed by atoms with Crippen molar-refractivity contribution in [2.45, 2.75) is 52.4 Å². The lowest BCUT2D eigenvalue weighted by Gasteiger charge is -2.04. The summed E-state index contributed by atoms with van der Waals surface area (Å²) >= 11 is 0. The molecule has 0 aliphatic rings. The quantitative estimate of drug-likeness (QED) is 0.159. The van der Waals surface area contributed by atoms with Crippen LogP contribution in [0, 0.1) is 0 Å². The molecule has 2 aromatic heterocycles. The first-order chi connectivity index (χ1) is 20.4. The molecule has 222 valence electrons. The summed E-state index contributed by atoms with van der Waals surface area (Å²) in [6.45, 7) is 5.56. The lowest BCUT2D eigenvalue weighted by Crippen LogP contribution is -1.98. The lowest BCUT2D eigenvalue weighted by atomic mass is 10.1. The minimum absolute atomic E-state index is 0.285. The number of carboxylic acid groups (broad SMARTS) is 2. The minimum atomic E-state index is -0.912. The fourth-order valence-corrected chi connectivity index (χ4v) is 3.44. The number of pyridine rings is 2. The Balaban J connectivity index is 0.000000220. The van der Waals surface area contributed by atoms with Crippen molar-refractivity contribution in [1.82, 2.24) is 9.97 Å². The fourth-order valence-electron chi connectivity index (χ4n) is 3.44. The molecule has 2 heterocycles. The van der Waals surface area contributed by atoms with Gasteiger partial charge in [-0.15, -0.1) is 0 Å². The van der Waals surface area contributed by atoms with E-state index < -0.39 is 11.9 Å². The SMILES string of the molecule is CCCCOc1ccc(C(=O)O)cc1.CCCCOc1ccc(C(=O)O)cc1.c1cc(CCc2ccncc2)ccn1. The summed E-state index contributed by atoms with van der Waals surface area (Å²) in [6, 6.07) is 21.1. The molecule has 2 N–H and O–H groups in total. The highest BCUT2D eigenvalue weighted by Crippen LogP contribution is 2.13. The van der Waals surface area contributed by atoms with Gasteiger partial charge in [0.15, 0.2) is 0 Å². The molecule has 0 bridgehead atoms. The molecule has 8 nitrogen and oxygen atoms in total. The number of carbonyl (C=O) groups is 2. The van der Waals surface area contributed by atoms with Crippen molar-refractivity contribution in [2.24, 2.45) is 0 Å². The molecule has 2 aromatic carbocycles. The molecule has 0 unspecified atom stereocenters. The van der Waals surface area contributed by atoms with Crippen molar-refractivity contribution >= 4 is 11.9 Å². The lowest BCUT2D eigenvalue weighted by molar-refractivity contribution is 0.0686. The maximum Gasteiger partial charge on any atom is 0.335 e. The van der Waals surface area contributed by atoms with Gasteiger partial charge in [0.05, 0.1) is 24.3 Å². The molecule has 0 aliphatic heterocycles. The van der Waals surface area contributed by atoms with Crippen LogP contribution in [0.25, 0.3) is 0 Å². The van der Waals surface area contributed by atoms with Crippen LogP contribution in [0.4, 0.5) is 0 Å². The smallest absolute Gasteiger partial charge is 0.335 e. The summed E-state index contributed by atoms with van der Waals surface area (Å²) in [5, 5.41) is 17.3. The van der Waals surface area contributed by atoms with E-state index in [-0.39, 0.29) is 11.1 Å². The van der Waals surface area contributed by atoms with E-state index in [1.807, 2.05) is 24.8 Å². The Morgan fingerprint density at radius 2 is 0.905 bits per heavy atom. The number of benzene rings is 2. The molecule has 0 saturated carbocycles. The van der Waals surface area contributed by atoms with Gasteiger partial charge in [-0.05, 0) is 110 Å². The van der Waals surface area contributed by atoms with Crippen molar-refractivity contribution in [1.29, 1.82) is 0 Å². The van der Waals surface area contributed by atoms with Crippen LogP contribution in [0.15, 0.2) is 97.6 Å². The number of ether oxygens (including phenoxy) is 2. The van der Waals surface area contributed by atoms with Gasteiger partial charge in [0.1, 0.15) is 11.5 Å². The number of nitrogens with zero attached hydrogens (tertiary/aromatic N) is 2. The van der Waals surface area contributed by atoms with E-state index in [1.165, 1.54) is 11.1 Å². The van der Waals surface area contributed by atoms with Crippen LogP contribution < -0.4 is 9.47 Å². The number of carboxylic acids is 2. The average molecular weight is 573 g/mol. The second-order valence-electron chi connectivity index (χ2n) is 9.27. The largest absolute Gasteiger partial charge is 0.494 e. The third-order valence-electron chi connectivity index (χ3n) is 5.94. The van der Waals surface area contributed by atoms with Crippen LogP contribution in [-0.2, 0) is 12.8 Å². The number of hydrogen-bond donors (Lipinski definition) is 2. The summed E-state index contributed by atoms with van der Waals surface area (Å²) in [7, 11) is 0. The molecule has 42 heavy (non-hydrogen) atoms. The Bertz CT molecular complexity index is 1180. The van der Waals surface area contributed by atoms with Crippen LogP contribution in [-0.4, -0.2) is 45.3 Å².